The van der Waals surface area contributed by atoms with Crippen molar-refractivity contribution >= 4 is 31.9 Å². The van der Waals surface area contributed by atoms with Crippen LogP contribution in [-0.2, 0) is 20.0 Å². The number of carbonyl (C=O) groups excluding carboxylic acids is 2. The minimum atomic E-state index is -4.79. The average molecular weight is 643 g/mol. The molecule has 1 aliphatic heterocycles. The Morgan fingerprint density at radius 2 is 1.04 bits per heavy atom. The molecule has 0 spiro atoms. The molecule has 0 bridgehead atoms. The standard InChI is InChI=1S/C35H34N2O6S2/c1-24-16-20-28(21-17-24)44(40,41)37(45(42,43)29-22-18-25(2)19-23-29)33(27-10-4-3-5-11-27)32(26-12-6-7-13-26)36-34(38)30-14-8-9-15-31(30)35(36)39/h3-5,8-11,14-23,26,32-33H,6-7,12-13H2,1-2H3/t32-,33+/m1/s1. The highest BCUT2D eigenvalue weighted by molar-refractivity contribution is 8.04. The molecule has 6 rings (SSSR count). The summed E-state index contributed by atoms with van der Waals surface area (Å²) in [6.45, 7) is 3.62. The molecule has 0 unspecified atom stereocenters. The molecule has 2 atom stereocenters. The summed E-state index contributed by atoms with van der Waals surface area (Å²) >= 11 is 0. The molecule has 10 heteroatoms. The highest BCUT2D eigenvalue weighted by Gasteiger charge is 2.53. The van der Waals surface area contributed by atoms with Gasteiger partial charge in [-0.05, 0) is 74.6 Å². The van der Waals surface area contributed by atoms with Gasteiger partial charge in [-0.3, -0.25) is 14.5 Å². The Morgan fingerprint density at radius 1 is 0.622 bits per heavy atom. The van der Waals surface area contributed by atoms with Crippen LogP contribution in [0.3, 0.4) is 0 Å². The van der Waals surface area contributed by atoms with Gasteiger partial charge in [0.15, 0.2) is 0 Å². The average Bonchev–Trinajstić information content (AvgIpc) is 3.65. The number of fused-ring (bicyclic) bond motifs is 1. The van der Waals surface area contributed by atoms with Crippen molar-refractivity contribution in [2.24, 2.45) is 5.92 Å². The largest absolute Gasteiger partial charge is 0.269 e. The van der Waals surface area contributed by atoms with E-state index in [1.165, 1.54) is 24.3 Å². The number of imide groups is 1. The molecule has 0 saturated heterocycles. The molecule has 2 amide bonds. The molecule has 4 aromatic carbocycles. The summed E-state index contributed by atoms with van der Waals surface area (Å²) in [5.74, 6) is -1.47. The van der Waals surface area contributed by atoms with Crippen LogP contribution in [0.1, 0.15) is 69.1 Å². The van der Waals surface area contributed by atoms with Crippen LogP contribution in [0, 0.1) is 19.8 Å². The van der Waals surface area contributed by atoms with Gasteiger partial charge >= 0.3 is 0 Å². The molecule has 4 aromatic rings. The molecule has 1 saturated carbocycles. The first-order valence-electron chi connectivity index (χ1n) is 15.0. The van der Waals surface area contributed by atoms with E-state index in [0.29, 0.717) is 22.1 Å². The van der Waals surface area contributed by atoms with E-state index in [4.69, 9.17) is 0 Å². The van der Waals surface area contributed by atoms with Crippen molar-refractivity contribution in [2.45, 2.75) is 61.4 Å². The number of sulfonamides is 2. The quantitative estimate of drug-likeness (QED) is 0.199. The zero-order valence-corrected chi connectivity index (χ0v) is 26.7. The predicted molar refractivity (Wildman–Crippen MR) is 170 cm³/mol. The number of amides is 2. The van der Waals surface area contributed by atoms with Crippen molar-refractivity contribution in [3.8, 4) is 0 Å². The summed E-state index contributed by atoms with van der Waals surface area (Å²) in [4.78, 5) is 28.8. The van der Waals surface area contributed by atoms with E-state index in [2.05, 4.69) is 0 Å². The van der Waals surface area contributed by atoms with Crippen molar-refractivity contribution in [1.82, 2.24) is 8.61 Å². The zero-order chi connectivity index (χ0) is 31.9. The number of hydrogen-bond acceptors (Lipinski definition) is 6. The summed E-state index contributed by atoms with van der Waals surface area (Å²) in [6.07, 6.45) is 2.82. The predicted octanol–water partition coefficient (Wildman–Crippen LogP) is 6.28. The van der Waals surface area contributed by atoms with Crippen molar-refractivity contribution in [3.05, 3.63) is 131 Å². The molecule has 1 fully saturated rings. The lowest BCUT2D eigenvalue weighted by Crippen LogP contribution is -2.54. The second kappa shape index (κ2) is 12.0. The van der Waals surface area contributed by atoms with Gasteiger partial charge in [-0.25, -0.2) is 16.8 Å². The van der Waals surface area contributed by atoms with Gasteiger partial charge in [-0.2, -0.15) is 0 Å². The van der Waals surface area contributed by atoms with E-state index < -0.39 is 43.9 Å². The Balaban J connectivity index is 1.65. The minimum Gasteiger partial charge on any atom is -0.269 e. The van der Waals surface area contributed by atoms with Gasteiger partial charge < -0.3 is 0 Å². The molecular weight excluding hydrogens is 609 g/mol. The van der Waals surface area contributed by atoms with E-state index in [1.54, 1.807) is 78.9 Å². The van der Waals surface area contributed by atoms with Crippen LogP contribution in [-0.4, -0.2) is 43.3 Å². The zero-order valence-electron chi connectivity index (χ0n) is 25.0. The van der Waals surface area contributed by atoms with E-state index in [0.717, 1.165) is 28.9 Å². The van der Waals surface area contributed by atoms with Crippen LogP contribution in [0.15, 0.2) is 113 Å². The van der Waals surface area contributed by atoms with Gasteiger partial charge in [0.2, 0.25) is 0 Å². The number of hydrogen-bond donors (Lipinski definition) is 0. The molecule has 2 aliphatic rings. The summed E-state index contributed by atoms with van der Waals surface area (Å²) in [6, 6.07) is 24.4. The van der Waals surface area contributed by atoms with Crippen molar-refractivity contribution in [3.63, 3.8) is 0 Å². The van der Waals surface area contributed by atoms with E-state index in [9.17, 15) is 26.4 Å². The lowest BCUT2D eigenvalue weighted by atomic mass is 9.87. The summed E-state index contributed by atoms with van der Waals surface area (Å²) in [7, 11) is -9.58. The number of nitrogens with zero attached hydrogens (tertiary/aromatic N) is 2. The van der Waals surface area contributed by atoms with E-state index in [-0.39, 0.29) is 26.8 Å². The number of benzene rings is 4. The molecule has 45 heavy (non-hydrogen) atoms. The maximum atomic E-state index is 14.8. The first-order valence-corrected chi connectivity index (χ1v) is 17.8. The Bertz CT molecular complexity index is 1840. The van der Waals surface area contributed by atoms with E-state index in [1.807, 2.05) is 13.8 Å². The van der Waals surface area contributed by atoms with Crippen LogP contribution in [0.4, 0.5) is 0 Å². The maximum Gasteiger partial charge on any atom is 0.261 e. The van der Waals surface area contributed by atoms with Crippen LogP contribution < -0.4 is 0 Å². The Labute approximate surface area is 264 Å². The first-order chi connectivity index (χ1) is 21.5. The van der Waals surface area contributed by atoms with Gasteiger partial charge in [0, 0.05) is 0 Å². The van der Waals surface area contributed by atoms with Crippen LogP contribution in [0.5, 0.6) is 0 Å². The van der Waals surface area contributed by atoms with Crippen LogP contribution >= 0.6 is 0 Å². The number of rotatable bonds is 9. The smallest absolute Gasteiger partial charge is 0.261 e. The lowest BCUT2D eigenvalue weighted by molar-refractivity contribution is 0.0449. The first kappa shape index (κ1) is 30.9. The van der Waals surface area contributed by atoms with Gasteiger partial charge in [-0.15, -0.1) is 0 Å². The number of carbonyl (C=O) groups is 2. The molecule has 0 aromatic heterocycles. The fraction of sp³-hybridized carbons (Fsp3) is 0.257. The van der Waals surface area contributed by atoms with Crippen molar-refractivity contribution in [2.75, 3.05) is 0 Å². The third-order valence-electron chi connectivity index (χ3n) is 8.81. The molecule has 0 radical (unpaired) electrons. The highest BCUT2D eigenvalue weighted by Crippen LogP contribution is 2.46. The van der Waals surface area contributed by atoms with Gasteiger partial charge in [0.25, 0.3) is 31.9 Å². The Morgan fingerprint density at radius 3 is 1.49 bits per heavy atom. The van der Waals surface area contributed by atoms with Gasteiger partial charge in [0.1, 0.15) is 0 Å². The summed E-state index contributed by atoms with van der Waals surface area (Å²) < 4.78 is 59.8. The molecular formula is C35H34N2O6S2. The topological polar surface area (TPSA) is 109 Å². The molecule has 1 heterocycles. The summed E-state index contributed by atoms with van der Waals surface area (Å²) in [5, 5.41) is 0. The SMILES string of the molecule is Cc1ccc(S(=O)(=O)N([C@@H](c2ccccc2)[C@@H](C2CCCC2)N2C(=O)c3ccccc3C2=O)S(=O)(=O)c2ccc(C)cc2)cc1. The minimum absolute atomic E-state index is 0.211. The third kappa shape index (κ3) is 5.51. The second-order valence-corrected chi connectivity index (χ2v) is 15.6. The summed E-state index contributed by atoms with van der Waals surface area (Å²) in [5.41, 5.74) is 2.39. The maximum absolute atomic E-state index is 14.8. The highest BCUT2D eigenvalue weighted by atomic mass is 32.3. The lowest BCUT2D eigenvalue weighted by Gasteiger charge is -2.42. The van der Waals surface area contributed by atoms with Gasteiger partial charge in [0.05, 0.1) is 33.0 Å². The fourth-order valence-corrected chi connectivity index (χ4v) is 10.6. The van der Waals surface area contributed by atoms with Crippen molar-refractivity contribution in [1.29, 1.82) is 0 Å². The second-order valence-electron chi connectivity index (χ2n) is 11.8. The van der Waals surface area contributed by atoms with Crippen molar-refractivity contribution < 1.29 is 26.4 Å². The fourth-order valence-electron chi connectivity index (χ4n) is 6.54. The molecule has 8 nitrogen and oxygen atoms in total. The van der Waals surface area contributed by atoms with E-state index >= 15 is 0 Å². The Hall–Kier alpha value is -4.12. The number of aryl methyl sites for hydroxylation is 2. The van der Waals surface area contributed by atoms with Crippen LogP contribution in [0.25, 0.3) is 0 Å². The van der Waals surface area contributed by atoms with Crippen LogP contribution in [0.2, 0.25) is 0 Å². The molecule has 232 valence electrons. The Kier molecular flexibility index (Phi) is 8.24. The normalized spacial score (nSPS) is 17.1. The molecule has 1 aliphatic carbocycles. The van der Waals surface area contributed by atoms with Gasteiger partial charge in [-0.1, -0.05) is 94.4 Å². The molecule has 0 N–H and O–H groups in total. The monoisotopic (exact) mass is 642 g/mol. The third-order valence-corrected chi connectivity index (χ3v) is 13.1.